The van der Waals surface area contributed by atoms with Crippen molar-refractivity contribution < 1.29 is 9.18 Å². The molecule has 2 nitrogen and oxygen atoms in total. The number of carbonyl (C=O) groups excluding carboxylic acids is 1. The summed E-state index contributed by atoms with van der Waals surface area (Å²) in [6, 6.07) is 6.59. The summed E-state index contributed by atoms with van der Waals surface area (Å²) in [6.45, 7) is 7.50. The Labute approximate surface area is 137 Å². The van der Waals surface area contributed by atoms with Crippen LogP contribution in [-0.2, 0) is 11.2 Å². The molecule has 1 saturated heterocycles. The number of carbonyl (C=O) groups is 1. The second-order valence-corrected chi connectivity index (χ2v) is 8.81. The van der Waals surface area contributed by atoms with Crippen molar-refractivity contribution >= 4 is 17.7 Å². The summed E-state index contributed by atoms with van der Waals surface area (Å²) in [4.78, 5) is 14.7. The fraction of sp³-hybridized carbons (Fsp3) is 0.611. The van der Waals surface area contributed by atoms with Crippen LogP contribution in [0.4, 0.5) is 4.39 Å². The van der Waals surface area contributed by atoms with Gasteiger partial charge in [0.2, 0.25) is 5.91 Å². The number of rotatable bonds is 4. The molecule has 1 atom stereocenters. The van der Waals surface area contributed by atoms with Crippen molar-refractivity contribution in [3.63, 3.8) is 0 Å². The number of hydrogen-bond donors (Lipinski definition) is 0. The number of benzene rings is 1. The van der Waals surface area contributed by atoms with Crippen molar-refractivity contribution in [1.29, 1.82) is 0 Å². The molecule has 0 spiro atoms. The Kier molecular flexibility index (Phi) is 5.90. The van der Waals surface area contributed by atoms with E-state index in [2.05, 4.69) is 20.8 Å². The van der Waals surface area contributed by atoms with Gasteiger partial charge in [0.15, 0.2) is 0 Å². The van der Waals surface area contributed by atoms with Gasteiger partial charge in [-0.2, -0.15) is 11.8 Å². The zero-order valence-electron chi connectivity index (χ0n) is 13.8. The predicted molar refractivity (Wildman–Crippen MR) is 91.7 cm³/mol. The smallest absolute Gasteiger partial charge is 0.227 e. The molecule has 0 bridgehead atoms. The van der Waals surface area contributed by atoms with Crippen molar-refractivity contribution in [3.8, 4) is 0 Å². The third kappa shape index (κ3) is 5.31. The lowest BCUT2D eigenvalue weighted by atomic mass is 10.0. The van der Waals surface area contributed by atoms with Crippen LogP contribution in [-0.4, -0.2) is 33.9 Å². The van der Waals surface area contributed by atoms with Crippen LogP contribution >= 0.6 is 11.8 Å². The van der Waals surface area contributed by atoms with Crippen molar-refractivity contribution in [2.45, 2.75) is 57.2 Å². The molecule has 1 aromatic carbocycles. The normalized spacial score (nSPS) is 19.3. The summed E-state index contributed by atoms with van der Waals surface area (Å²) in [5.74, 6) is 0.915. The van der Waals surface area contributed by atoms with Crippen molar-refractivity contribution in [2.24, 2.45) is 0 Å². The first-order valence-electron chi connectivity index (χ1n) is 8.03. The first kappa shape index (κ1) is 17.3. The summed E-state index contributed by atoms with van der Waals surface area (Å²) in [5, 5.41) is 0. The number of piperidine rings is 1. The molecule has 0 unspecified atom stereocenters. The van der Waals surface area contributed by atoms with Gasteiger partial charge in [-0.25, -0.2) is 4.39 Å². The van der Waals surface area contributed by atoms with Crippen LogP contribution in [0.15, 0.2) is 24.3 Å². The van der Waals surface area contributed by atoms with Gasteiger partial charge in [0.05, 0.1) is 6.42 Å². The molecule has 22 heavy (non-hydrogen) atoms. The Balaban J connectivity index is 1.97. The molecule has 0 aliphatic carbocycles. The molecule has 1 aliphatic heterocycles. The van der Waals surface area contributed by atoms with Crippen LogP contribution in [0.2, 0.25) is 0 Å². The first-order chi connectivity index (χ1) is 10.3. The maximum atomic E-state index is 13.0. The highest BCUT2D eigenvalue weighted by Gasteiger charge is 2.27. The molecule has 1 fully saturated rings. The van der Waals surface area contributed by atoms with E-state index in [0.717, 1.165) is 30.7 Å². The van der Waals surface area contributed by atoms with Gasteiger partial charge in [-0.05, 0) is 37.0 Å². The quantitative estimate of drug-likeness (QED) is 0.824. The lowest BCUT2D eigenvalue weighted by molar-refractivity contribution is -0.133. The van der Waals surface area contributed by atoms with Gasteiger partial charge in [-0.3, -0.25) is 4.79 Å². The highest BCUT2D eigenvalue weighted by atomic mass is 32.2. The highest BCUT2D eigenvalue weighted by Crippen LogP contribution is 2.28. The topological polar surface area (TPSA) is 20.3 Å². The zero-order chi connectivity index (χ0) is 16.2. The second-order valence-electron chi connectivity index (χ2n) is 6.96. The summed E-state index contributed by atoms with van der Waals surface area (Å²) in [6.07, 6.45) is 3.76. The van der Waals surface area contributed by atoms with Gasteiger partial charge in [0, 0.05) is 23.1 Å². The van der Waals surface area contributed by atoms with E-state index in [1.165, 1.54) is 18.6 Å². The Morgan fingerprint density at radius 1 is 1.27 bits per heavy atom. The van der Waals surface area contributed by atoms with E-state index in [4.69, 9.17) is 0 Å². The Hall–Kier alpha value is -1.03. The number of amides is 1. The molecular formula is C18H26FNOS. The minimum atomic E-state index is -0.256. The minimum absolute atomic E-state index is 0.172. The predicted octanol–water partition coefficient (Wildman–Crippen LogP) is 4.28. The second kappa shape index (κ2) is 7.49. The van der Waals surface area contributed by atoms with Crippen LogP contribution in [0.25, 0.3) is 0 Å². The molecule has 0 aromatic heterocycles. The lowest BCUT2D eigenvalue weighted by Crippen LogP contribution is -2.46. The minimum Gasteiger partial charge on any atom is -0.339 e. The van der Waals surface area contributed by atoms with E-state index in [1.54, 1.807) is 12.1 Å². The summed E-state index contributed by atoms with van der Waals surface area (Å²) in [5.41, 5.74) is 0.888. The molecule has 2 rings (SSSR count). The molecule has 1 aliphatic rings. The summed E-state index contributed by atoms with van der Waals surface area (Å²) in [7, 11) is 0. The van der Waals surface area contributed by atoms with Crippen LogP contribution in [0.1, 0.15) is 45.6 Å². The Morgan fingerprint density at radius 3 is 2.59 bits per heavy atom. The van der Waals surface area contributed by atoms with Crippen molar-refractivity contribution in [1.82, 2.24) is 4.90 Å². The van der Waals surface area contributed by atoms with Gasteiger partial charge >= 0.3 is 0 Å². The van der Waals surface area contributed by atoms with E-state index in [9.17, 15) is 9.18 Å². The molecule has 0 saturated carbocycles. The first-order valence-corrected chi connectivity index (χ1v) is 9.01. The van der Waals surface area contributed by atoms with Crippen molar-refractivity contribution in [2.75, 3.05) is 12.3 Å². The van der Waals surface area contributed by atoms with Gasteiger partial charge in [-0.1, -0.05) is 32.9 Å². The van der Waals surface area contributed by atoms with E-state index in [1.807, 2.05) is 16.7 Å². The standard InChI is InChI=1S/C18H26FNOS/c1-18(2,3)22-13-16-6-4-5-11-20(16)17(21)12-14-7-9-15(19)10-8-14/h7-10,16H,4-6,11-13H2,1-3H3/t16-/m0/s1. The number of hydrogen-bond acceptors (Lipinski definition) is 2. The largest absolute Gasteiger partial charge is 0.339 e. The number of halogens is 1. The average Bonchev–Trinajstić information content (AvgIpc) is 2.47. The molecule has 1 aromatic rings. The van der Waals surface area contributed by atoms with Crippen LogP contribution in [0.3, 0.4) is 0 Å². The van der Waals surface area contributed by atoms with E-state index < -0.39 is 0 Å². The van der Waals surface area contributed by atoms with Gasteiger partial charge < -0.3 is 4.90 Å². The van der Waals surface area contributed by atoms with Crippen molar-refractivity contribution in [3.05, 3.63) is 35.6 Å². The highest BCUT2D eigenvalue weighted by molar-refractivity contribution is 8.00. The molecule has 1 heterocycles. The fourth-order valence-corrected chi connectivity index (χ4v) is 3.77. The third-order valence-corrected chi connectivity index (χ3v) is 5.34. The molecular weight excluding hydrogens is 297 g/mol. The monoisotopic (exact) mass is 323 g/mol. The maximum Gasteiger partial charge on any atom is 0.227 e. The number of nitrogens with zero attached hydrogens (tertiary/aromatic N) is 1. The molecule has 4 heteroatoms. The molecule has 0 N–H and O–H groups in total. The van der Waals surface area contributed by atoms with Gasteiger partial charge in [0.1, 0.15) is 5.82 Å². The summed E-state index contributed by atoms with van der Waals surface area (Å²) >= 11 is 1.93. The Bertz CT molecular complexity index is 495. The van der Waals surface area contributed by atoms with E-state index in [0.29, 0.717) is 12.5 Å². The van der Waals surface area contributed by atoms with Gasteiger partial charge in [0.25, 0.3) is 0 Å². The Morgan fingerprint density at radius 2 is 1.95 bits per heavy atom. The molecule has 0 radical (unpaired) electrons. The maximum absolute atomic E-state index is 13.0. The van der Waals surface area contributed by atoms with E-state index >= 15 is 0 Å². The zero-order valence-corrected chi connectivity index (χ0v) is 14.6. The SMILES string of the molecule is CC(C)(C)SC[C@@H]1CCCCN1C(=O)Cc1ccc(F)cc1. The van der Waals surface area contributed by atoms with E-state index in [-0.39, 0.29) is 16.5 Å². The lowest BCUT2D eigenvalue weighted by Gasteiger charge is -2.37. The number of likely N-dealkylation sites (tertiary alicyclic amines) is 1. The average molecular weight is 323 g/mol. The summed E-state index contributed by atoms with van der Waals surface area (Å²) < 4.78 is 13.2. The molecule has 1 amide bonds. The number of thioether (sulfide) groups is 1. The third-order valence-electron chi connectivity index (χ3n) is 3.92. The van der Waals surface area contributed by atoms with Crippen LogP contribution in [0.5, 0.6) is 0 Å². The fourth-order valence-electron chi connectivity index (χ4n) is 2.73. The van der Waals surface area contributed by atoms with Gasteiger partial charge in [-0.15, -0.1) is 0 Å². The molecule has 122 valence electrons. The van der Waals surface area contributed by atoms with Crippen LogP contribution in [0, 0.1) is 5.82 Å². The van der Waals surface area contributed by atoms with Crippen LogP contribution < -0.4 is 0 Å².